The lowest BCUT2D eigenvalue weighted by Crippen LogP contribution is -2.20. The molecule has 0 saturated carbocycles. The molecule has 1 rings (SSSR count). The van der Waals surface area contributed by atoms with E-state index in [2.05, 4.69) is 6.92 Å². The predicted octanol–water partition coefficient (Wildman–Crippen LogP) is 4.21. The Morgan fingerprint density at radius 2 is 1.94 bits per heavy atom. The van der Waals surface area contributed by atoms with Crippen LogP contribution in [0.5, 0.6) is 0 Å². The van der Waals surface area contributed by atoms with E-state index in [1.54, 1.807) is 0 Å². The van der Waals surface area contributed by atoms with Crippen LogP contribution in [0.3, 0.4) is 0 Å². The minimum atomic E-state index is -0.351. The second-order valence-corrected chi connectivity index (χ2v) is 6.09. The van der Waals surface area contributed by atoms with Crippen molar-refractivity contribution in [1.29, 1.82) is 0 Å². The Morgan fingerprint density at radius 3 is 2.44 bits per heavy atom. The Kier molecular flexibility index (Phi) is 4.90. The molecule has 0 aliphatic carbocycles. The van der Waals surface area contributed by atoms with Crippen molar-refractivity contribution in [3.05, 3.63) is 11.3 Å². The summed E-state index contributed by atoms with van der Waals surface area (Å²) in [5.41, 5.74) is 0.628. The van der Waals surface area contributed by atoms with Gasteiger partial charge in [0, 0.05) is 5.57 Å². The van der Waals surface area contributed by atoms with Crippen molar-refractivity contribution in [2.75, 3.05) is 0 Å². The third kappa shape index (κ3) is 2.82. The Balaban J connectivity index is 2.58. The highest BCUT2D eigenvalue weighted by Gasteiger charge is 2.41. The summed E-state index contributed by atoms with van der Waals surface area (Å²) < 4.78 is -0.351. The van der Waals surface area contributed by atoms with E-state index in [-0.39, 0.29) is 9.86 Å². The first-order chi connectivity index (χ1) is 7.55. The Morgan fingerprint density at radius 1 is 1.25 bits per heavy atom. The van der Waals surface area contributed by atoms with Gasteiger partial charge in [-0.25, -0.2) is 0 Å². The highest BCUT2D eigenvalue weighted by atomic mass is 32.2. The first-order valence-corrected chi connectivity index (χ1v) is 7.02. The van der Waals surface area contributed by atoms with Crippen LogP contribution in [0.25, 0.3) is 0 Å². The van der Waals surface area contributed by atoms with Crippen molar-refractivity contribution in [3.63, 3.8) is 0 Å². The maximum Gasteiger partial charge on any atom is 0.219 e. The smallest absolute Gasteiger partial charge is 0.219 e. The van der Waals surface area contributed by atoms with Gasteiger partial charge in [0.15, 0.2) is 0 Å². The average molecular weight is 242 g/mol. The summed E-state index contributed by atoms with van der Waals surface area (Å²) in [5, 5.41) is 10.1. The molecule has 2 nitrogen and oxygen atoms in total. The lowest BCUT2D eigenvalue weighted by molar-refractivity contribution is -0.107. The van der Waals surface area contributed by atoms with Gasteiger partial charge in [-0.3, -0.25) is 4.79 Å². The zero-order chi connectivity index (χ0) is 12.2. The second-order valence-electron chi connectivity index (χ2n) is 4.61. The number of hydrogen-bond acceptors (Lipinski definition) is 3. The van der Waals surface area contributed by atoms with Crippen LogP contribution in [0.2, 0.25) is 0 Å². The predicted molar refractivity (Wildman–Crippen MR) is 69.7 cm³/mol. The number of unbranched alkanes of at least 4 members (excludes halogenated alkanes) is 3. The fourth-order valence-electron chi connectivity index (χ4n) is 2.10. The molecule has 1 aliphatic heterocycles. The van der Waals surface area contributed by atoms with Gasteiger partial charge in [-0.2, -0.15) is 0 Å². The van der Waals surface area contributed by atoms with Crippen molar-refractivity contribution in [1.82, 2.24) is 0 Å². The Hall–Kier alpha value is -0.440. The van der Waals surface area contributed by atoms with E-state index in [0.29, 0.717) is 17.8 Å². The largest absolute Gasteiger partial charge is 0.510 e. The Bertz CT molecular complexity index is 296. The van der Waals surface area contributed by atoms with Gasteiger partial charge in [0.05, 0.1) is 4.75 Å². The van der Waals surface area contributed by atoms with Gasteiger partial charge in [0.25, 0.3) is 0 Å². The number of carbonyl (C=O) groups is 1. The summed E-state index contributed by atoms with van der Waals surface area (Å²) >= 11 is 1.30. The summed E-state index contributed by atoms with van der Waals surface area (Å²) in [6, 6.07) is 0. The summed E-state index contributed by atoms with van der Waals surface area (Å²) in [7, 11) is 0. The molecule has 0 spiro atoms. The van der Waals surface area contributed by atoms with Gasteiger partial charge in [-0.05, 0) is 19.8 Å². The second kappa shape index (κ2) is 5.76. The highest BCUT2D eigenvalue weighted by Crippen LogP contribution is 2.46. The molecule has 0 fully saturated rings. The Labute approximate surface area is 103 Å². The molecule has 1 aliphatic rings. The monoisotopic (exact) mass is 242 g/mol. The molecule has 1 heterocycles. The lowest BCUT2D eigenvalue weighted by atomic mass is 9.96. The molecule has 0 amide bonds. The third-order valence-electron chi connectivity index (χ3n) is 3.21. The van der Waals surface area contributed by atoms with Crippen molar-refractivity contribution in [3.8, 4) is 0 Å². The molecule has 3 heteroatoms. The number of hydrogen-bond donors (Lipinski definition) is 1. The molecule has 92 valence electrons. The molecule has 1 atom stereocenters. The van der Waals surface area contributed by atoms with Crippen LogP contribution in [0, 0.1) is 0 Å². The van der Waals surface area contributed by atoms with E-state index in [4.69, 9.17) is 0 Å². The third-order valence-corrected chi connectivity index (χ3v) is 4.49. The van der Waals surface area contributed by atoms with Crippen molar-refractivity contribution in [2.45, 2.75) is 64.0 Å². The maximum absolute atomic E-state index is 11.7. The molecular formula is C13H22O2S. The van der Waals surface area contributed by atoms with Crippen LogP contribution in [0.1, 0.15) is 59.3 Å². The van der Waals surface area contributed by atoms with E-state index in [9.17, 15) is 9.90 Å². The molecular weight excluding hydrogens is 220 g/mol. The standard InChI is InChI=1S/C13H22O2S/c1-4-6-7-8-9-13(3)11(14)10(5-2)12(15)16-13/h14H,4-9H2,1-3H3. The summed E-state index contributed by atoms with van der Waals surface area (Å²) in [6.45, 7) is 6.09. The van der Waals surface area contributed by atoms with Crippen LogP contribution < -0.4 is 0 Å². The van der Waals surface area contributed by atoms with Gasteiger partial charge >= 0.3 is 0 Å². The zero-order valence-electron chi connectivity index (χ0n) is 10.5. The van der Waals surface area contributed by atoms with Crippen LogP contribution in [0.15, 0.2) is 11.3 Å². The molecule has 0 radical (unpaired) electrons. The summed E-state index contributed by atoms with van der Waals surface area (Å²) in [5.74, 6) is 0.335. The maximum atomic E-state index is 11.7. The molecule has 0 aromatic rings. The summed E-state index contributed by atoms with van der Waals surface area (Å²) in [4.78, 5) is 11.7. The van der Waals surface area contributed by atoms with Gasteiger partial charge in [-0.1, -0.05) is 51.3 Å². The topological polar surface area (TPSA) is 37.3 Å². The van der Waals surface area contributed by atoms with Crippen molar-refractivity contribution in [2.24, 2.45) is 0 Å². The minimum Gasteiger partial charge on any atom is -0.510 e. The highest BCUT2D eigenvalue weighted by molar-refractivity contribution is 8.15. The fourth-order valence-corrected chi connectivity index (χ4v) is 3.34. The van der Waals surface area contributed by atoms with Crippen molar-refractivity contribution >= 4 is 16.9 Å². The zero-order valence-corrected chi connectivity index (χ0v) is 11.3. The van der Waals surface area contributed by atoms with Crippen molar-refractivity contribution < 1.29 is 9.90 Å². The van der Waals surface area contributed by atoms with Crippen LogP contribution in [-0.4, -0.2) is 15.0 Å². The van der Waals surface area contributed by atoms with Gasteiger partial charge in [-0.15, -0.1) is 0 Å². The van der Waals surface area contributed by atoms with E-state index in [1.165, 1.54) is 31.0 Å². The summed E-state index contributed by atoms with van der Waals surface area (Å²) in [6.07, 6.45) is 6.27. The van der Waals surface area contributed by atoms with E-state index < -0.39 is 0 Å². The molecule has 0 aromatic heterocycles. The molecule has 1 unspecified atom stereocenters. The fraction of sp³-hybridized carbons (Fsp3) is 0.769. The molecule has 0 aromatic carbocycles. The number of rotatable bonds is 6. The lowest BCUT2D eigenvalue weighted by Gasteiger charge is -2.22. The van der Waals surface area contributed by atoms with Crippen LogP contribution >= 0.6 is 11.8 Å². The van der Waals surface area contributed by atoms with Crippen LogP contribution in [-0.2, 0) is 4.79 Å². The first-order valence-electron chi connectivity index (χ1n) is 6.21. The van der Waals surface area contributed by atoms with E-state index in [1.807, 2.05) is 13.8 Å². The quantitative estimate of drug-likeness (QED) is 0.709. The van der Waals surface area contributed by atoms with Gasteiger partial charge in [0.1, 0.15) is 5.76 Å². The first kappa shape index (κ1) is 13.6. The molecule has 1 N–H and O–H groups in total. The van der Waals surface area contributed by atoms with E-state index >= 15 is 0 Å². The minimum absolute atomic E-state index is 0.0676. The molecule has 16 heavy (non-hydrogen) atoms. The van der Waals surface area contributed by atoms with E-state index in [0.717, 1.165) is 12.8 Å². The SMILES string of the molecule is CCCCCCC1(C)SC(=O)C(CC)=C1O. The average Bonchev–Trinajstić information content (AvgIpc) is 2.45. The molecule has 0 bridgehead atoms. The number of thioether (sulfide) groups is 1. The normalized spacial score (nSPS) is 25.6. The number of aliphatic hydroxyl groups is 1. The van der Waals surface area contributed by atoms with Gasteiger partial charge in [0.2, 0.25) is 5.12 Å². The molecule has 0 saturated heterocycles. The van der Waals surface area contributed by atoms with Crippen LogP contribution in [0.4, 0.5) is 0 Å². The number of aliphatic hydroxyl groups excluding tert-OH is 1. The van der Waals surface area contributed by atoms with Gasteiger partial charge < -0.3 is 5.11 Å². The number of carbonyl (C=O) groups excluding carboxylic acids is 1.